The van der Waals surface area contributed by atoms with Crippen LogP contribution >= 0.6 is 0 Å². The SMILES string of the molecule is [2H]c1cc(-c2c3ccccc3c(-c3ccccc3)c3ccccc23)ccc1-n1c2ccccc2c2ccccc21. The minimum Gasteiger partial charge on any atom is -0.309 e. The molecule has 8 rings (SSSR count). The Balaban J connectivity index is 1.41. The molecule has 1 heterocycles. The molecule has 39 heavy (non-hydrogen) atoms. The van der Waals surface area contributed by atoms with Gasteiger partial charge < -0.3 is 4.57 Å². The van der Waals surface area contributed by atoms with Crippen LogP contribution in [-0.4, -0.2) is 4.57 Å². The van der Waals surface area contributed by atoms with Crippen LogP contribution in [0, 0.1) is 0 Å². The van der Waals surface area contributed by atoms with Gasteiger partial charge in [0.15, 0.2) is 0 Å². The lowest BCUT2D eigenvalue weighted by Crippen LogP contribution is -1.94. The van der Waals surface area contributed by atoms with Gasteiger partial charge in [0.2, 0.25) is 0 Å². The lowest BCUT2D eigenvalue weighted by Gasteiger charge is -2.18. The molecule has 0 spiro atoms. The normalized spacial score (nSPS) is 11.9. The first-order valence-electron chi connectivity index (χ1n) is 13.9. The van der Waals surface area contributed by atoms with E-state index in [-0.39, 0.29) is 0 Å². The highest BCUT2D eigenvalue weighted by Crippen LogP contribution is 2.43. The topological polar surface area (TPSA) is 4.93 Å². The fourth-order valence-corrected chi connectivity index (χ4v) is 6.25. The molecule has 0 saturated carbocycles. The van der Waals surface area contributed by atoms with Crippen molar-refractivity contribution in [3.05, 3.63) is 152 Å². The van der Waals surface area contributed by atoms with Crippen molar-refractivity contribution in [3.8, 4) is 27.9 Å². The van der Waals surface area contributed by atoms with Crippen molar-refractivity contribution in [2.24, 2.45) is 0 Å². The first-order valence-corrected chi connectivity index (χ1v) is 13.4. The van der Waals surface area contributed by atoms with Gasteiger partial charge in [0.25, 0.3) is 0 Å². The van der Waals surface area contributed by atoms with Gasteiger partial charge in [-0.05, 0) is 68.0 Å². The zero-order valence-electron chi connectivity index (χ0n) is 22.3. The Morgan fingerprint density at radius 3 is 1.26 bits per heavy atom. The van der Waals surface area contributed by atoms with E-state index in [1.54, 1.807) is 0 Å². The van der Waals surface area contributed by atoms with Gasteiger partial charge in [-0.2, -0.15) is 0 Å². The number of aromatic nitrogens is 1. The van der Waals surface area contributed by atoms with E-state index in [0.29, 0.717) is 6.04 Å². The van der Waals surface area contributed by atoms with Crippen LogP contribution in [0.5, 0.6) is 0 Å². The van der Waals surface area contributed by atoms with E-state index in [0.717, 1.165) is 22.3 Å². The minimum atomic E-state index is 0.504. The van der Waals surface area contributed by atoms with E-state index in [1.807, 2.05) is 6.07 Å². The van der Waals surface area contributed by atoms with Crippen molar-refractivity contribution in [2.75, 3.05) is 0 Å². The lowest BCUT2D eigenvalue weighted by molar-refractivity contribution is 1.18. The molecular formula is C38H25N. The van der Waals surface area contributed by atoms with E-state index >= 15 is 0 Å². The predicted molar refractivity (Wildman–Crippen MR) is 167 cm³/mol. The summed E-state index contributed by atoms with van der Waals surface area (Å²) in [6.45, 7) is 0. The van der Waals surface area contributed by atoms with Crippen molar-refractivity contribution >= 4 is 43.4 Å². The number of para-hydroxylation sites is 2. The second-order valence-electron chi connectivity index (χ2n) is 10.0. The maximum absolute atomic E-state index is 9.26. The van der Waals surface area contributed by atoms with Crippen molar-refractivity contribution in [1.29, 1.82) is 0 Å². The summed E-state index contributed by atoms with van der Waals surface area (Å²) in [4.78, 5) is 0. The quantitative estimate of drug-likeness (QED) is 0.214. The minimum absolute atomic E-state index is 0.504. The Labute approximate surface area is 228 Å². The fraction of sp³-hybridized carbons (Fsp3) is 0. The first kappa shape index (κ1) is 20.9. The average Bonchev–Trinajstić information content (AvgIpc) is 3.34. The molecule has 1 aromatic heterocycles. The van der Waals surface area contributed by atoms with Crippen LogP contribution in [0.4, 0.5) is 0 Å². The molecule has 0 aliphatic heterocycles. The number of hydrogen-bond donors (Lipinski definition) is 0. The fourth-order valence-electron chi connectivity index (χ4n) is 6.25. The van der Waals surface area contributed by atoms with Gasteiger partial charge in [-0.1, -0.05) is 127 Å². The van der Waals surface area contributed by atoms with Crippen LogP contribution in [0.2, 0.25) is 0 Å². The van der Waals surface area contributed by atoms with Gasteiger partial charge in [0.05, 0.1) is 12.4 Å². The number of fused-ring (bicyclic) bond motifs is 5. The molecule has 7 aromatic carbocycles. The van der Waals surface area contributed by atoms with Crippen LogP contribution in [-0.2, 0) is 0 Å². The molecule has 0 fully saturated rings. The van der Waals surface area contributed by atoms with Crippen molar-refractivity contribution in [3.63, 3.8) is 0 Å². The molecule has 1 nitrogen and oxygen atoms in total. The maximum Gasteiger partial charge on any atom is 0.0645 e. The Hall–Kier alpha value is -5.14. The van der Waals surface area contributed by atoms with Crippen LogP contribution in [0.15, 0.2) is 152 Å². The Morgan fingerprint density at radius 1 is 0.359 bits per heavy atom. The molecule has 0 atom stereocenters. The Bertz CT molecular complexity index is 2110. The summed E-state index contributed by atoms with van der Waals surface area (Å²) in [6, 6.07) is 51.8. The highest BCUT2D eigenvalue weighted by atomic mass is 15.0. The van der Waals surface area contributed by atoms with E-state index in [4.69, 9.17) is 0 Å². The van der Waals surface area contributed by atoms with Gasteiger partial charge in [0, 0.05) is 16.5 Å². The molecule has 0 radical (unpaired) electrons. The molecule has 0 unspecified atom stereocenters. The Kier molecular flexibility index (Phi) is 4.66. The van der Waals surface area contributed by atoms with Gasteiger partial charge in [-0.15, -0.1) is 0 Å². The second-order valence-corrected chi connectivity index (χ2v) is 10.0. The van der Waals surface area contributed by atoms with Crippen LogP contribution < -0.4 is 0 Å². The Morgan fingerprint density at radius 2 is 0.769 bits per heavy atom. The van der Waals surface area contributed by atoms with E-state index < -0.39 is 0 Å². The van der Waals surface area contributed by atoms with E-state index in [9.17, 15) is 1.37 Å². The van der Waals surface area contributed by atoms with Crippen molar-refractivity contribution < 1.29 is 1.37 Å². The standard InChI is InChI=1S/C38H25N/c1-2-12-26(13-3-1)37-31-16-4-6-18-33(31)38(34-19-7-5-17-32(34)37)27-22-24-28(25-23-27)39-35-20-10-8-14-29(35)30-15-9-11-21-36(30)39/h1-25H/i24D. The third kappa shape index (κ3) is 3.34. The summed E-state index contributed by atoms with van der Waals surface area (Å²) < 4.78 is 11.5. The molecule has 0 amide bonds. The van der Waals surface area contributed by atoms with Crippen LogP contribution in [0.1, 0.15) is 1.37 Å². The summed E-state index contributed by atoms with van der Waals surface area (Å²) in [6.07, 6.45) is 0. The molecular weight excluding hydrogens is 470 g/mol. The van der Waals surface area contributed by atoms with E-state index in [2.05, 4.69) is 144 Å². The van der Waals surface area contributed by atoms with E-state index in [1.165, 1.54) is 49.0 Å². The van der Waals surface area contributed by atoms with Gasteiger partial charge in [-0.3, -0.25) is 0 Å². The lowest BCUT2D eigenvalue weighted by atomic mass is 9.86. The maximum atomic E-state index is 9.26. The summed E-state index contributed by atoms with van der Waals surface area (Å²) in [5, 5.41) is 7.25. The molecule has 182 valence electrons. The monoisotopic (exact) mass is 496 g/mol. The third-order valence-corrected chi connectivity index (χ3v) is 7.90. The van der Waals surface area contributed by atoms with Gasteiger partial charge >= 0.3 is 0 Å². The summed E-state index contributed by atoms with van der Waals surface area (Å²) in [5.41, 5.74) is 7.82. The zero-order chi connectivity index (χ0) is 26.6. The van der Waals surface area contributed by atoms with Crippen molar-refractivity contribution in [2.45, 2.75) is 0 Å². The summed E-state index contributed by atoms with van der Waals surface area (Å²) in [5.74, 6) is 0. The smallest absolute Gasteiger partial charge is 0.0645 e. The number of rotatable bonds is 3. The number of nitrogens with zero attached hydrogens (tertiary/aromatic N) is 1. The van der Waals surface area contributed by atoms with Gasteiger partial charge in [-0.25, -0.2) is 0 Å². The molecule has 0 N–H and O–H groups in total. The van der Waals surface area contributed by atoms with Crippen LogP contribution in [0.3, 0.4) is 0 Å². The molecule has 0 aliphatic rings. The third-order valence-electron chi connectivity index (χ3n) is 7.90. The van der Waals surface area contributed by atoms with Gasteiger partial charge in [0.1, 0.15) is 0 Å². The molecule has 0 aliphatic carbocycles. The average molecular weight is 497 g/mol. The molecule has 0 saturated heterocycles. The largest absolute Gasteiger partial charge is 0.309 e. The first-order chi connectivity index (χ1) is 19.8. The number of benzene rings is 7. The molecule has 8 aromatic rings. The number of hydrogen-bond acceptors (Lipinski definition) is 0. The molecule has 0 bridgehead atoms. The molecule has 1 heteroatoms. The van der Waals surface area contributed by atoms with Crippen LogP contribution in [0.25, 0.3) is 71.3 Å². The predicted octanol–water partition coefficient (Wildman–Crippen LogP) is 10.4. The summed E-state index contributed by atoms with van der Waals surface area (Å²) in [7, 11) is 0. The highest BCUT2D eigenvalue weighted by Gasteiger charge is 2.17. The summed E-state index contributed by atoms with van der Waals surface area (Å²) >= 11 is 0. The zero-order valence-corrected chi connectivity index (χ0v) is 21.3. The van der Waals surface area contributed by atoms with Crippen molar-refractivity contribution in [1.82, 2.24) is 4.57 Å². The second kappa shape index (κ2) is 8.72. The highest BCUT2D eigenvalue weighted by molar-refractivity contribution is 6.21.